The van der Waals surface area contributed by atoms with Crippen LogP contribution in [0.5, 0.6) is 11.5 Å². The van der Waals surface area contributed by atoms with Crippen molar-refractivity contribution in [3.05, 3.63) is 59.7 Å². The van der Waals surface area contributed by atoms with Crippen molar-refractivity contribution >= 4 is 46.6 Å². The average molecular weight is 648 g/mol. The molecular weight excluding hydrogens is 599 g/mol. The first-order chi connectivity index (χ1) is 21.6. The second-order valence-corrected chi connectivity index (χ2v) is 14.7. The molecule has 0 spiro atoms. The van der Waals surface area contributed by atoms with Crippen LogP contribution in [0.2, 0.25) is 0 Å². The zero-order chi connectivity index (χ0) is 32.5. The number of anilines is 2. The van der Waals surface area contributed by atoms with Gasteiger partial charge in [0.2, 0.25) is 0 Å². The molecule has 0 amide bonds. The van der Waals surface area contributed by atoms with Gasteiger partial charge in [-0.3, -0.25) is 5.41 Å². The Morgan fingerprint density at radius 1 is 0.756 bits per heavy atom. The highest BCUT2D eigenvalue weighted by molar-refractivity contribution is 8.02. The number of hydrogen-bond acceptors (Lipinski definition) is 8. The fraction of sp³-hybridized carbons (Fsp3) is 0.444. The van der Waals surface area contributed by atoms with Crippen molar-refractivity contribution in [1.82, 2.24) is 0 Å². The van der Waals surface area contributed by atoms with Crippen LogP contribution in [0.25, 0.3) is 0 Å². The van der Waals surface area contributed by atoms with Gasteiger partial charge in [0.15, 0.2) is 5.84 Å². The molecule has 0 aliphatic carbocycles. The summed E-state index contributed by atoms with van der Waals surface area (Å²) < 4.78 is 13.3. The molecule has 0 fully saturated rings. The Kier molecular flexibility index (Phi) is 12.5. The minimum atomic E-state index is 0.102. The summed E-state index contributed by atoms with van der Waals surface area (Å²) in [5.41, 5.74) is 16.1. The molecule has 1 aliphatic heterocycles. The third-order valence-electron chi connectivity index (χ3n) is 7.60. The Balaban J connectivity index is 1.86. The van der Waals surface area contributed by atoms with Gasteiger partial charge in [0.05, 0.1) is 34.1 Å². The highest BCUT2D eigenvalue weighted by Crippen LogP contribution is 2.54. The lowest BCUT2D eigenvalue weighted by Gasteiger charge is -2.24. The number of rotatable bonds is 17. The smallest absolute Gasteiger partial charge is 0.158 e. The van der Waals surface area contributed by atoms with Crippen molar-refractivity contribution in [3.8, 4) is 11.5 Å². The van der Waals surface area contributed by atoms with Gasteiger partial charge in [-0.1, -0.05) is 76.2 Å². The molecule has 0 saturated heterocycles. The molecule has 9 heteroatoms. The Hall–Kier alpha value is -3.30. The quantitative estimate of drug-likeness (QED) is 0.0990. The first kappa shape index (κ1) is 34.6. The molecule has 4 rings (SSSR count). The molecule has 0 saturated carbocycles. The summed E-state index contributed by atoms with van der Waals surface area (Å²) in [6.07, 6.45) is 6.27. The monoisotopic (exact) mass is 647 g/mol. The van der Waals surface area contributed by atoms with Crippen LogP contribution in [0.4, 0.5) is 11.4 Å². The highest BCUT2D eigenvalue weighted by atomic mass is 32.2. The van der Waals surface area contributed by atoms with E-state index in [9.17, 15) is 0 Å². The normalized spacial score (nSPS) is 12.5. The summed E-state index contributed by atoms with van der Waals surface area (Å²) in [5.74, 6) is 2.95. The van der Waals surface area contributed by atoms with Gasteiger partial charge < -0.3 is 25.8 Å². The maximum Gasteiger partial charge on any atom is 0.158 e. The maximum absolute atomic E-state index is 8.89. The largest absolute Gasteiger partial charge is 0.492 e. The number of amidine groups is 2. The molecule has 45 heavy (non-hydrogen) atoms. The number of nitrogen functional groups attached to an aromatic ring is 1. The molecule has 7 nitrogen and oxygen atoms in total. The number of nitrogens with one attached hydrogen (secondary N) is 1. The minimum Gasteiger partial charge on any atom is -0.492 e. The number of fused-ring (bicyclic) bond motifs is 1. The van der Waals surface area contributed by atoms with Crippen molar-refractivity contribution < 1.29 is 9.47 Å². The lowest BCUT2D eigenvalue weighted by molar-refractivity contribution is 0.281. The van der Waals surface area contributed by atoms with Crippen molar-refractivity contribution in [3.63, 3.8) is 0 Å². The molecule has 0 radical (unpaired) electrons. The number of aliphatic imine (C=N–C) groups is 1. The van der Waals surface area contributed by atoms with Gasteiger partial charge in [-0.15, -0.1) is 0 Å². The molecule has 5 N–H and O–H groups in total. The Labute approximate surface area is 278 Å². The van der Waals surface area contributed by atoms with Crippen molar-refractivity contribution in [2.45, 2.75) is 85.8 Å². The number of nitrogens with zero attached hydrogens (tertiary/aromatic N) is 2. The van der Waals surface area contributed by atoms with Crippen LogP contribution in [0.3, 0.4) is 0 Å². The third kappa shape index (κ3) is 9.13. The number of hydrogen-bond donors (Lipinski definition) is 3. The van der Waals surface area contributed by atoms with Crippen LogP contribution in [-0.4, -0.2) is 39.0 Å². The number of unbranched alkanes of at least 4 members (excludes halogenated alkanes) is 2. The zero-order valence-electron chi connectivity index (χ0n) is 27.6. The minimum absolute atomic E-state index is 0.102. The predicted molar refractivity (Wildman–Crippen MR) is 192 cm³/mol. The highest BCUT2D eigenvalue weighted by Gasteiger charge is 2.35. The number of para-hydroxylation sites is 1. The van der Waals surface area contributed by atoms with Gasteiger partial charge >= 0.3 is 0 Å². The van der Waals surface area contributed by atoms with E-state index in [1.54, 1.807) is 23.5 Å². The Bertz CT molecular complexity index is 1490. The Morgan fingerprint density at radius 3 is 1.87 bits per heavy atom. The molecule has 1 heterocycles. The van der Waals surface area contributed by atoms with Gasteiger partial charge in [0, 0.05) is 35.3 Å². The summed E-state index contributed by atoms with van der Waals surface area (Å²) in [7, 11) is 4.07. The van der Waals surface area contributed by atoms with Gasteiger partial charge in [-0.2, -0.15) is 0 Å². The summed E-state index contributed by atoms with van der Waals surface area (Å²) >= 11 is 3.17. The fourth-order valence-electron chi connectivity index (χ4n) is 5.10. The topological polar surface area (TPSA) is 110 Å². The van der Waals surface area contributed by atoms with Crippen LogP contribution in [0.15, 0.2) is 73.1 Å². The summed E-state index contributed by atoms with van der Waals surface area (Å²) in [4.78, 5) is 10.2. The van der Waals surface area contributed by atoms with Crippen LogP contribution in [0, 0.1) is 17.2 Å². The zero-order valence-corrected chi connectivity index (χ0v) is 29.2. The standard InChI is InChI=1S/C36H49N5O2S2/c1-23(2)13-9-11-21-42-31-29-30(36(39)40-35(29)38)32(43-22-12-10-14-24(3)4)34(45-28-16-8-7-15-27(28)37)33(31)44-26-19-17-25(18-20-26)41(5)6/h7-8,15-20,23-24H,9-14,21-22,37H2,1-6H3,(H3,38,39,40). The van der Waals surface area contributed by atoms with E-state index >= 15 is 0 Å². The number of benzene rings is 3. The molecule has 242 valence electrons. The van der Waals surface area contributed by atoms with Gasteiger partial charge in [-0.25, -0.2) is 4.99 Å². The number of ether oxygens (including phenoxy) is 2. The molecule has 1 aliphatic rings. The van der Waals surface area contributed by atoms with E-state index in [-0.39, 0.29) is 11.7 Å². The van der Waals surface area contributed by atoms with E-state index in [1.807, 2.05) is 38.4 Å². The molecule has 0 aromatic heterocycles. The van der Waals surface area contributed by atoms with Crippen LogP contribution in [0.1, 0.15) is 77.3 Å². The van der Waals surface area contributed by atoms with Gasteiger partial charge in [0.1, 0.15) is 17.3 Å². The van der Waals surface area contributed by atoms with Crippen molar-refractivity contribution in [2.24, 2.45) is 22.6 Å². The lowest BCUT2D eigenvalue weighted by atomic mass is 10.0. The third-order valence-corrected chi connectivity index (χ3v) is 10.0. The van der Waals surface area contributed by atoms with Crippen LogP contribution in [-0.2, 0) is 0 Å². The van der Waals surface area contributed by atoms with E-state index in [1.165, 1.54) is 0 Å². The van der Waals surface area contributed by atoms with E-state index < -0.39 is 0 Å². The van der Waals surface area contributed by atoms with E-state index in [0.29, 0.717) is 53.4 Å². The second kappa shape index (κ2) is 16.3. The van der Waals surface area contributed by atoms with E-state index in [2.05, 4.69) is 61.9 Å². The number of nitrogens with two attached hydrogens (primary N) is 2. The fourth-order valence-corrected chi connectivity index (χ4v) is 7.28. The SMILES string of the molecule is CC(C)CCCCOc1c(Sc2ccc(N(C)C)cc2)c(Sc2ccccc2N)c(OCCCCC(C)C)c2c1C(=N)N=C2N. The molecular formula is C36H49N5O2S2. The van der Waals surface area contributed by atoms with Crippen LogP contribution < -0.4 is 25.8 Å². The van der Waals surface area contributed by atoms with Crippen molar-refractivity contribution in [2.75, 3.05) is 37.9 Å². The molecule has 3 aromatic carbocycles. The Morgan fingerprint density at radius 2 is 1.31 bits per heavy atom. The first-order valence-electron chi connectivity index (χ1n) is 16.0. The maximum atomic E-state index is 8.89. The molecule has 0 atom stereocenters. The van der Waals surface area contributed by atoms with Crippen molar-refractivity contribution in [1.29, 1.82) is 5.41 Å². The average Bonchev–Trinajstić information content (AvgIpc) is 3.29. The van der Waals surface area contributed by atoms with E-state index in [4.69, 9.17) is 26.4 Å². The molecule has 0 unspecified atom stereocenters. The van der Waals surface area contributed by atoms with E-state index in [0.717, 1.165) is 63.8 Å². The first-order valence-corrected chi connectivity index (χ1v) is 17.6. The van der Waals surface area contributed by atoms with Gasteiger partial charge in [0.25, 0.3) is 0 Å². The molecule has 3 aromatic rings. The lowest BCUT2D eigenvalue weighted by Crippen LogP contribution is -2.16. The van der Waals surface area contributed by atoms with Crippen LogP contribution >= 0.6 is 23.5 Å². The van der Waals surface area contributed by atoms with Gasteiger partial charge in [-0.05, 0) is 73.9 Å². The summed E-state index contributed by atoms with van der Waals surface area (Å²) in [6, 6.07) is 16.3. The summed E-state index contributed by atoms with van der Waals surface area (Å²) in [6.45, 7) is 10.0. The second-order valence-electron chi connectivity index (χ2n) is 12.5. The molecule has 0 bridgehead atoms. The predicted octanol–water partition coefficient (Wildman–Crippen LogP) is 9.09. The summed E-state index contributed by atoms with van der Waals surface area (Å²) in [5, 5.41) is 8.89.